The van der Waals surface area contributed by atoms with Gasteiger partial charge in [0.15, 0.2) is 0 Å². The number of likely N-dealkylation sites (N-methyl/N-ethyl adjacent to an activating group) is 1. The van der Waals surface area contributed by atoms with Crippen LogP contribution in [0.2, 0.25) is 0 Å². The highest BCUT2D eigenvalue weighted by molar-refractivity contribution is 5.78. The second-order valence-corrected chi connectivity index (χ2v) is 6.13. The van der Waals surface area contributed by atoms with Crippen LogP contribution < -0.4 is 14.8 Å². The zero-order valence-corrected chi connectivity index (χ0v) is 15.7. The molecule has 0 fully saturated rings. The number of nitrogens with one attached hydrogen (secondary N) is 1. The molecule has 0 aromatic heterocycles. The number of benzene rings is 2. The summed E-state index contributed by atoms with van der Waals surface area (Å²) in [6.45, 7) is 6.68. The standard InChI is InChI=1S/C21H27NO3/c1-6-16-10-15(3)20(11-14(16)2)25-13-18-17(12-21(23)22-4)8-7-9-19(18)24-5/h7-11H,6,12-13H2,1-5H3,(H,22,23). The Morgan fingerprint density at radius 1 is 1.08 bits per heavy atom. The van der Waals surface area contributed by atoms with Crippen molar-refractivity contribution in [2.75, 3.05) is 14.2 Å². The molecule has 1 N–H and O–H groups in total. The quantitative estimate of drug-likeness (QED) is 0.834. The fourth-order valence-electron chi connectivity index (χ4n) is 2.93. The number of carbonyl (C=O) groups excluding carboxylic acids is 1. The van der Waals surface area contributed by atoms with Crippen molar-refractivity contribution >= 4 is 5.91 Å². The van der Waals surface area contributed by atoms with Crippen LogP contribution in [0.1, 0.15) is 34.7 Å². The van der Waals surface area contributed by atoms with E-state index >= 15 is 0 Å². The van der Waals surface area contributed by atoms with Crippen molar-refractivity contribution < 1.29 is 14.3 Å². The molecule has 0 aliphatic rings. The van der Waals surface area contributed by atoms with Crippen molar-refractivity contribution in [2.45, 2.75) is 40.2 Å². The van der Waals surface area contributed by atoms with Crippen LogP contribution in [0.5, 0.6) is 11.5 Å². The summed E-state index contributed by atoms with van der Waals surface area (Å²) in [5, 5.41) is 2.66. The molecule has 1 amide bonds. The fraction of sp³-hybridized carbons (Fsp3) is 0.381. The van der Waals surface area contributed by atoms with Crippen molar-refractivity contribution in [3.8, 4) is 11.5 Å². The molecule has 2 aromatic carbocycles. The molecule has 0 aliphatic heterocycles. The SMILES string of the molecule is CCc1cc(C)c(OCc2c(CC(=O)NC)cccc2OC)cc1C. The first kappa shape index (κ1) is 18.8. The number of ether oxygens (including phenoxy) is 2. The molecular formula is C21H27NO3. The summed E-state index contributed by atoms with van der Waals surface area (Å²) in [6, 6.07) is 9.99. The van der Waals surface area contributed by atoms with E-state index in [1.807, 2.05) is 18.2 Å². The van der Waals surface area contributed by atoms with Crippen LogP contribution in [0.25, 0.3) is 0 Å². The zero-order valence-electron chi connectivity index (χ0n) is 15.7. The van der Waals surface area contributed by atoms with Gasteiger partial charge < -0.3 is 14.8 Å². The van der Waals surface area contributed by atoms with Gasteiger partial charge >= 0.3 is 0 Å². The lowest BCUT2D eigenvalue weighted by Crippen LogP contribution is -2.21. The molecule has 0 saturated heterocycles. The van der Waals surface area contributed by atoms with Gasteiger partial charge in [0.2, 0.25) is 5.91 Å². The molecule has 0 atom stereocenters. The normalized spacial score (nSPS) is 10.4. The van der Waals surface area contributed by atoms with E-state index in [4.69, 9.17) is 9.47 Å². The molecule has 25 heavy (non-hydrogen) atoms. The van der Waals surface area contributed by atoms with Gasteiger partial charge in [0, 0.05) is 12.6 Å². The Hall–Kier alpha value is -2.49. The number of methoxy groups -OCH3 is 1. The summed E-state index contributed by atoms with van der Waals surface area (Å²) in [5.41, 5.74) is 5.50. The van der Waals surface area contributed by atoms with Crippen molar-refractivity contribution in [1.29, 1.82) is 0 Å². The van der Waals surface area contributed by atoms with Gasteiger partial charge in [-0.1, -0.05) is 25.1 Å². The summed E-state index contributed by atoms with van der Waals surface area (Å²) in [6.07, 6.45) is 1.31. The molecule has 0 heterocycles. The molecule has 0 aliphatic carbocycles. The molecule has 4 heteroatoms. The number of rotatable bonds is 7. The maximum atomic E-state index is 11.8. The number of carbonyl (C=O) groups is 1. The van der Waals surface area contributed by atoms with E-state index in [0.29, 0.717) is 13.0 Å². The van der Waals surface area contributed by atoms with Crippen molar-refractivity contribution in [2.24, 2.45) is 0 Å². The van der Waals surface area contributed by atoms with E-state index in [0.717, 1.165) is 34.6 Å². The topological polar surface area (TPSA) is 47.6 Å². The van der Waals surface area contributed by atoms with Gasteiger partial charge in [0.1, 0.15) is 18.1 Å². The number of aryl methyl sites for hydroxylation is 3. The Labute approximate surface area is 150 Å². The van der Waals surface area contributed by atoms with E-state index in [2.05, 4.69) is 38.2 Å². The lowest BCUT2D eigenvalue weighted by Gasteiger charge is -2.17. The third kappa shape index (κ3) is 4.53. The summed E-state index contributed by atoms with van der Waals surface area (Å²) in [5.74, 6) is 1.57. The monoisotopic (exact) mass is 341 g/mol. The van der Waals surface area contributed by atoms with Gasteiger partial charge in [0.25, 0.3) is 0 Å². The highest BCUT2D eigenvalue weighted by Crippen LogP contribution is 2.28. The number of amides is 1. The summed E-state index contributed by atoms with van der Waals surface area (Å²) < 4.78 is 11.6. The highest BCUT2D eigenvalue weighted by atomic mass is 16.5. The van der Waals surface area contributed by atoms with Crippen LogP contribution in [0.15, 0.2) is 30.3 Å². The van der Waals surface area contributed by atoms with Gasteiger partial charge in [0.05, 0.1) is 13.5 Å². The molecule has 0 spiro atoms. The van der Waals surface area contributed by atoms with Gasteiger partial charge in [-0.3, -0.25) is 4.79 Å². The number of hydrogen-bond acceptors (Lipinski definition) is 3. The van der Waals surface area contributed by atoms with E-state index in [1.54, 1.807) is 14.2 Å². The Morgan fingerprint density at radius 2 is 1.84 bits per heavy atom. The largest absolute Gasteiger partial charge is 0.496 e. The molecule has 134 valence electrons. The lowest BCUT2D eigenvalue weighted by molar-refractivity contribution is -0.119. The van der Waals surface area contributed by atoms with Crippen molar-refractivity contribution in [3.63, 3.8) is 0 Å². The molecule has 0 saturated carbocycles. The Kier molecular flexibility index (Phi) is 6.45. The minimum Gasteiger partial charge on any atom is -0.496 e. The maximum absolute atomic E-state index is 11.8. The highest BCUT2D eigenvalue weighted by Gasteiger charge is 2.14. The van der Waals surface area contributed by atoms with Gasteiger partial charge in [-0.2, -0.15) is 0 Å². The van der Waals surface area contributed by atoms with Crippen molar-refractivity contribution in [1.82, 2.24) is 5.32 Å². The molecule has 0 bridgehead atoms. The average molecular weight is 341 g/mol. The van der Waals surface area contributed by atoms with Crippen LogP contribution in [-0.2, 0) is 24.2 Å². The van der Waals surface area contributed by atoms with Crippen LogP contribution in [0, 0.1) is 13.8 Å². The second kappa shape index (κ2) is 8.56. The molecular weight excluding hydrogens is 314 g/mol. The first-order chi connectivity index (χ1) is 12.0. The van der Waals surface area contributed by atoms with Gasteiger partial charge in [-0.05, 0) is 54.7 Å². The lowest BCUT2D eigenvalue weighted by atomic mass is 10.0. The molecule has 0 radical (unpaired) electrons. The second-order valence-electron chi connectivity index (χ2n) is 6.13. The van der Waals surface area contributed by atoms with E-state index in [-0.39, 0.29) is 5.91 Å². The predicted molar refractivity (Wildman–Crippen MR) is 100 cm³/mol. The van der Waals surface area contributed by atoms with Gasteiger partial charge in [-0.25, -0.2) is 0 Å². The molecule has 0 unspecified atom stereocenters. The smallest absolute Gasteiger partial charge is 0.224 e. The summed E-state index contributed by atoms with van der Waals surface area (Å²) in [7, 11) is 3.27. The Balaban J connectivity index is 2.28. The first-order valence-electron chi connectivity index (χ1n) is 8.58. The van der Waals surface area contributed by atoms with Crippen LogP contribution in [0.4, 0.5) is 0 Å². The minimum absolute atomic E-state index is 0.0335. The third-order valence-electron chi connectivity index (χ3n) is 4.47. The van der Waals surface area contributed by atoms with Crippen LogP contribution >= 0.6 is 0 Å². The van der Waals surface area contributed by atoms with Crippen molar-refractivity contribution in [3.05, 3.63) is 58.1 Å². The van der Waals surface area contributed by atoms with Crippen LogP contribution in [-0.4, -0.2) is 20.1 Å². The minimum atomic E-state index is -0.0335. The molecule has 4 nitrogen and oxygen atoms in total. The summed E-state index contributed by atoms with van der Waals surface area (Å²) >= 11 is 0. The molecule has 2 aromatic rings. The summed E-state index contributed by atoms with van der Waals surface area (Å²) in [4.78, 5) is 11.8. The van der Waals surface area contributed by atoms with E-state index in [9.17, 15) is 4.79 Å². The van der Waals surface area contributed by atoms with Crippen LogP contribution in [0.3, 0.4) is 0 Å². The molecule has 2 rings (SSSR count). The Morgan fingerprint density at radius 3 is 2.48 bits per heavy atom. The van der Waals surface area contributed by atoms with E-state index < -0.39 is 0 Å². The predicted octanol–water partition coefficient (Wildman–Crippen LogP) is 3.74. The fourth-order valence-corrected chi connectivity index (χ4v) is 2.93. The third-order valence-corrected chi connectivity index (χ3v) is 4.47. The number of hydrogen-bond donors (Lipinski definition) is 1. The first-order valence-corrected chi connectivity index (χ1v) is 8.58. The zero-order chi connectivity index (χ0) is 18.4. The maximum Gasteiger partial charge on any atom is 0.224 e. The average Bonchev–Trinajstić information content (AvgIpc) is 2.62. The Bertz CT molecular complexity index is 753. The van der Waals surface area contributed by atoms with E-state index in [1.165, 1.54) is 11.1 Å². The van der Waals surface area contributed by atoms with Gasteiger partial charge in [-0.15, -0.1) is 0 Å².